The third kappa shape index (κ3) is 5.18. The van der Waals surface area contributed by atoms with E-state index in [0.29, 0.717) is 19.4 Å². The van der Waals surface area contributed by atoms with E-state index >= 15 is 0 Å². The molecule has 1 atom stereocenters. The Morgan fingerprint density at radius 3 is 2.72 bits per heavy atom. The van der Waals surface area contributed by atoms with Gasteiger partial charge in [0.25, 0.3) is 5.91 Å². The summed E-state index contributed by atoms with van der Waals surface area (Å²) in [4.78, 5) is 17.1. The van der Waals surface area contributed by atoms with Crippen LogP contribution in [0.3, 0.4) is 0 Å². The van der Waals surface area contributed by atoms with Crippen LogP contribution in [0.4, 0.5) is 4.39 Å². The summed E-state index contributed by atoms with van der Waals surface area (Å²) in [6.45, 7) is 0.346. The molecule has 0 unspecified atom stereocenters. The normalized spacial score (nSPS) is 15.6. The fourth-order valence-electron chi connectivity index (χ4n) is 2.44. The second kappa shape index (κ2) is 8.11. The van der Waals surface area contributed by atoms with E-state index in [2.05, 4.69) is 22.3 Å². The minimum atomic E-state index is -0.348. The fraction of sp³-hybridized carbons (Fsp3) is 0.200. The number of hydrogen-bond acceptors (Lipinski definition) is 3. The number of rotatable bonds is 4. The first kappa shape index (κ1) is 16.7. The lowest BCUT2D eigenvalue weighted by Gasteiger charge is -2.07. The number of hydrogen-bond donors (Lipinski definition) is 1. The van der Waals surface area contributed by atoms with E-state index in [1.165, 1.54) is 12.1 Å². The second-order valence-corrected chi connectivity index (χ2v) is 5.72. The van der Waals surface area contributed by atoms with Gasteiger partial charge in [0.1, 0.15) is 11.9 Å². The maximum Gasteiger partial charge on any atom is 0.296 e. The van der Waals surface area contributed by atoms with Gasteiger partial charge in [-0.15, -0.1) is 0 Å². The highest BCUT2D eigenvalue weighted by molar-refractivity contribution is 5.94. The number of oxime groups is 1. The maximum atomic E-state index is 12.9. The van der Waals surface area contributed by atoms with Crippen LogP contribution in [0.15, 0.2) is 59.8 Å². The molecule has 0 saturated carbocycles. The summed E-state index contributed by atoms with van der Waals surface area (Å²) in [5.74, 6) is 4.75. The van der Waals surface area contributed by atoms with Gasteiger partial charge in [0.15, 0.2) is 0 Å². The molecule has 1 aliphatic rings. The van der Waals surface area contributed by atoms with Crippen molar-refractivity contribution in [1.82, 2.24) is 5.32 Å². The number of nitrogens with zero attached hydrogens (tertiary/aromatic N) is 1. The zero-order valence-electron chi connectivity index (χ0n) is 13.5. The van der Waals surface area contributed by atoms with E-state index in [9.17, 15) is 9.18 Å². The largest absolute Gasteiger partial charge is 0.390 e. The van der Waals surface area contributed by atoms with Crippen LogP contribution in [-0.4, -0.2) is 24.3 Å². The van der Waals surface area contributed by atoms with Crippen molar-refractivity contribution in [3.05, 3.63) is 71.5 Å². The molecule has 2 aromatic rings. The summed E-state index contributed by atoms with van der Waals surface area (Å²) in [6.07, 6.45) is 1.04. The predicted molar refractivity (Wildman–Crippen MR) is 93.4 cm³/mol. The van der Waals surface area contributed by atoms with Crippen LogP contribution in [0, 0.1) is 17.7 Å². The van der Waals surface area contributed by atoms with Crippen LogP contribution in [0.2, 0.25) is 0 Å². The van der Waals surface area contributed by atoms with Crippen LogP contribution < -0.4 is 5.32 Å². The van der Waals surface area contributed by atoms with Gasteiger partial charge in [0.2, 0.25) is 0 Å². The Bertz CT molecular complexity index is 820. The molecule has 0 fully saturated rings. The van der Waals surface area contributed by atoms with Crippen molar-refractivity contribution in [3.8, 4) is 11.8 Å². The zero-order chi connectivity index (χ0) is 17.5. The predicted octanol–water partition coefficient (Wildman–Crippen LogP) is 2.68. The summed E-state index contributed by atoms with van der Waals surface area (Å²) >= 11 is 0. The first-order valence-corrected chi connectivity index (χ1v) is 8.00. The number of nitrogens with one attached hydrogen (secondary N) is 1. The van der Waals surface area contributed by atoms with Crippen LogP contribution in [0.1, 0.15) is 17.5 Å². The third-order valence-electron chi connectivity index (χ3n) is 3.70. The summed E-state index contributed by atoms with van der Waals surface area (Å²) < 4.78 is 12.9. The number of carbonyl (C=O) groups excluding carboxylic acids is 1. The summed E-state index contributed by atoms with van der Waals surface area (Å²) in [5.41, 5.74) is 2.64. The summed E-state index contributed by atoms with van der Waals surface area (Å²) in [6, 6.07) is 15.6. The Labute approximate surface area is 145 Å². The van der Waals surface area contributed by atoms with Gasteiger partial charge < -0.3 is 10.2 Å². The van der Waals surface area contributed by atoms with Crippen LogP contribution in [0.5, 0.6) is 0 Å². The average molecular weight is 336 g/mol. The van der Waals surface area contributed by atoms with E-state index in [4.69, 9.17) is 4.84 Å². The van der Waals surface area contributed by atoms with Gasteiger partial charge in [0.05, 0.1) is 12.3 Å². The van der Waals surface area contributed by atoms with Crippen LogP contribution in [-0.2, 0) is 16.1 Å². The van der Waals surface area contributed by atoms with Crippen molar-refractivity contribution >= 4 is 11.6 Å². The smallest absolute Gasteiger partial charge is 0.296 e. The molecule has 3 rings (SSSR count). The Morgan fingerprint density at radius 2 is 1.96 bits per heavy atom. The van der Waals surface area contributed by atoms with Crippen molar-refractivity contribution < 1.29 is 14.0 Å². The quantitative estimate of drug-likeness (QED) is 0.873. The SMILES string of the molecule is O=C(C#Cc1ccccc1)NC[C@@H]1CC(Cc2ccc(F)cc2)=NO1. The Hall–Kier alpha value is -3.13. The zero-order valence-corrected chi connectivity index (χ0v) is 13.5. The highest BCUT2D eigenvalue weighted by Gasteiger charge is 2.21. The lowest BCUT2D eigenvalue weighted by molar-refractivity contribution is -0.116. The Morgan fingerprint density at radius 1 is 1.20 bits per heavy atom. The van der Waals surface area contributed by atoms with Crippen molar-refractivity contribution in [2.24, 2.45) is 5.16 Å². The van der Waals surface area contributed by atoms with Gasteiger partial charge in [-0.2, -0.15) is 0 Å². The Balaban J connectivity index is 1.42. The number of halogens is 1. The molecule has 126 valence electrons. The van der Waals surface area contributed by atoms with E-state index in [-0.39, 0.29) is 17.8 Å². The van der Waals surface area contributed by atoms with Gasteiger partial charge in [0, 0.05) is 24.3 Å². The van der Waals surface area contributed by atoms with Gasteiger partial charge in [-0.25, -0.2) is 4.39 Å². The van der Waals surface area contributed by atoms with Crippen LogP contribution >= 0.6 is 0 Å². The monoisotopic (exact) mass is 336 g/mol. The first-order chi connectivity index (χ1) is 12.2. The minimum Gasteiger partial charge on any atom is -0.390 e. The van der Waals surface area contributed by atoms with Gasteiger partial charge >= 0.3 is 0 Å². The molecule has 0 spiro atoms. The number of amides is 1. The number of benzene rings is 2. The molecule has 0 aliphatic carbocycles. The molecule has 0 aromatic heterocycles. The van der Waals surface area contributed by atoms with Crippen molar-refractivity contribution in [3.63, 3.8) is 0 Å². The van der Waals surface area contributed by atoms with E-state index < -0.39 is 0 Å². The first-order valence-electron chi connectivity index (χ1n) is 8.00. The van der Waals surface area contributed by atoms with Crippen molar-refractivity contribution in [2.75, 3.05) is 6.54 Å². The lowest BCUT2D eigenvalue weighted by Crippen LogP contribution is -2.31. The molecule has 1 heterocycles. The lowest BCUT2D eigenvalue weighted by atomic mass is 10.0. The minimum absolute atomic E-state index is 0.196. The maximum absolute atomic E-state index is 12.9. The van der Waals surface area contributed by atoms with Gasteiger partial charge in [-0.3, -0.25) is 4.79 Å². The molecule has 0 bridgehead atoms. The van der Waals surface area contributed by atoms with E-state index in [1.807, 2.05) is 30.3 Å². The van der Waals surface area contributed by atoms with E-state index in [1.54, 1.807) is 12.1 Å². The second-order valence-electron chi connectivity index (χ2n) is 5.72. The van der Waals surface area contributed by atoms with E-state index in [0.717, 1.165) is 16.8 Å². The van der Waals surface area contributed by atoms with Gasteiger partial charge in [-0.1, -0.05) is 41.4 Å². The highest BCUT2D eigenvalue weighted by Crippen LogP contribution is 2.14. The standard InChI is InChI=1S/C20H17FN2O2/c21-17-9-6-16(7-10-17)12-18-13-19(25-23-18)14-22-20(24)11-8-15-4-2-1-3-5-15/h1-7,9-10,19H,12-14H2,(H,22,24)/t19-/m0/s1. The molecule has 1 amide bonds. The molecule has 4 nitrogen and oxygen atoms in total. The highest BCUT2D eigenvalue weighted by atomic mass is 19.1. The molecule has 0 radical (unpaired) electrons. The molecular formula is C20H17FN2O2. The van der Waals surface area contributed by atoms with Crippen molar-refractivity contribution in [2.45, 2.75) is 18.9 Å². The molecule has 1 N–H and O–H groups in total. The molecule has 2 aromatic carbocycles. The Kier molecular flexibility index (Phi) is 5.43. The third-order valence-corrected chi connectivity index (χ3v) is 3.70. The van der Waals surface area contributed by atoms with Gasteiger partial charge in [-0.05, 0) is 29.8 Å². The topological polar surface area (TPSA) is 50.7 Å². The summed E-state index contributed by atoms with van der Waals surface area (Å²) in [5, 5.41) is 6.77. The number of carbonyl (C=O) groups is 1. The fourth-order valence-corrected chi connectivity index (χ4v) is 2.44. The van der Waals surface area contributed by atoms with Crippen molar-refractivity contribution in [1.29, 1.82) is 0 Å². The molecule has 1 aliphatic heterocycles. The average Bonchev–Trinajstić information content (AvgIpc) is 3.08. The molecule has 5 heteroatoms. The van der Waals surface area contributed by atoms with Crippen LogP contribution in [0.25, 0.3) is 0 Å². The molecule has 0 saturated heterocycles. The molecular weight excluding hydrogens is 319 g/mol. The summed E-state index contributed by atoms with van der Waals surface area (Å²) in [7, 11) is 0. The molecule has 25 heavy (non-hydrogen) atoms.